The van der Waals surface area contributed by atoms with Crippen LogP contribution in [-0.2, 0) is 15.6 Å². The highest BCUT2D eigenvalue weighted by molar-refractivity contribution is 7.89. The Morgan fingerprint density at radius 2 is 2.19 bits per heavy atom. The quantitative estimate of drug-likeness (QED) is 0.691. The maximum absolute atomic E-state index is 11.5. The summed E-state index contributed by atoms with van der Waals surface area (Å²) in [5.74, 6) is 0.695. The van der Waals surface area contributed by atoms with Crippen LogP contribution in [0.2, 0.25) is 0 Å². The Morgan fingerprint density at radius 1 is 1.48 bits per heavy atom. The Labute approximate surface area is 124 Å². The first kappa shape index (κ1) is 15.6. The smallest absolute Gasteiger partial charge is 0.404 e. The molecule has 0 aromatic heterocycles. The van der Waals surface area contributed by atoms with Crippen LogP contribution in [0.3, 0.4) is 0 Å². The van der Waals surface area contributed by atoms with E-state index in [1.165, 1.54) is 6.26 Å². The third-order valence-corrected chi connectivity index (χ3v) is 4.53. The summed E-state index contributed by atoms with van der Waals surface area (Å²) in [5.41, 5.74) is 8.09. The number of nitrogens with two attached hydrogens (primary N) is 1. The number of rotatable bonds is 6. The first-order chi connectivity index (χ1) is 9.76. The van der Waals surface area contributed by atoms with Gasteiger partial charge in [0.25, 0.3) is 0 Å². The Hall–Kier alpha value is -1.76. The van der Waals surface area contributed by atoms with Gasteiger partial charge >= 0.3 is 6.09 Å². The maximum Gasteiger partial charge on any atom is 0.404 e. The van der Waals surface area contributed by atoms with Crippen molar-refractivity contribution in [2.24, 2.45) is 5.92 Å². The molecule has 7 heteroatoms. The van der Waals surface area contributed by atoms with Crippen LogP contribution < -0.4 is 11.1 Å². The predicted octanol–water partition coefficient (Wildman–Crippen LogP) is 1.57. The van der Waals surface area contributed by atoms with Crippen molar-refractivity contribution >= 4 is 21.6 Å². The van der Waals surface area contributed by atoms with Crippen LogP contribution in [0.5, 0.6) is 0 Å². The molecule has 1 aliphatic rings. The molecule has 1 aliphatic carbocycles. The molecule has 2 unspecified atom stereocenters. The predicted molar refractivity (Wildman–Crippen MR) is 80.9 cm³/mol. The summed E-state index contributed by atoms with van der Waals surface area (Å²) in [4.78, 5) is 10.4. The molecule has 2 atom stereocenters. The van der Waals surface area contributed by atoms with Crippen molar-refractivity contribution in [2.45, 2.75) is 24.5 Å². The molecule has 0 heterocycles. The van der Waals surface area contributed by atoms with Gasteiger partial charge in [-0.25, -0.2) is 13.2 Å². The summed E-state index contributed by atoms with van der Waals surface area (Å²) in [6.45, 7) is 0.423. The first-order valence-electron chi connectivity index (χ1n) is 6.79. The topological polar surface area (TPSA) is 109 Å². The van der Waals surface area contributed by atoms with Gasteiger partial charge in [-0.1, -0.05) is 6.07 Å². The summed E-state index contributed by atoms with van der Waals surface area (Å²) in [7, 11) is -3.11. The molecule has 6 nitrogen and oxygen atoms in total. The van der Waals surface area contributed by atoms with Gasteiger partial charge in [-0.15, -0.1) is 0 Å². The maximum atomic E-state index is 11.5. The third kappa shape index (κ3) is 4.63. The molecule has 1 fully saturated rings. The van der Waals surface area contributed by atoms with E-state index in [1.807, 2.05) is 6.07 Å². The standard InChI is InChI=1S/C14H20N2O4S/c1-21(19,20)8-10-6-11(15)2-3-12(10)13-7-9(13)4-5-16-14(17)18/h2-3,6,9,13,16H,4-5,7-8,15H2,1H3,(H,17,18). The van der Waals surface area contributed by atoms with E-state index in [1.54, 1.807) is 12.1 Å². The number of benzene rings is 1. The summed E-state index contributed by atoms with van der Waals surface area (Å²) < 4.78 is 23.0. The van der Waals surface area contributed by atoms with E-state index in [2.05, 4.69) is 5.32 Å². The molecule has 2 rings (SSSR count). The fraction of sp³-hybridized carbons (Fsp3) is 0.500. The number of hydrogen-bond acceptors (Lipinski definition) is 4. The second-order valence-corrected chi connectivity index (χ2v) is 7.79. The fourth-order valence-electron chi connectivity index (χ4n) is 2.71. The highest BCUT2D eigenvalue weighted by Crippen LogP contribution is 2.50. The first-order valence-corrected chi connectivity index (χ1v) is 8.85. The Kier molecular flexibility index (Phi) is 4.41. The highest BCUT2D eigenvalue weighted by atomic mass is 32.2. The number of amides is 1. The average molecular weight is 312 g/mol. The van der Waals surface area contributed by atoms with E-state index in [0.29, 0.717) is 24.1 Å². The van der Waals surface area contributed by atoms with E-state index < -0.39 is 15.9 Å². The van der Waals surface area contributed by atoms with Crippen molar-refractivity contribution in [3.8, 4) is 0 Å². The van der Waals surface area contributed by atoms with Gasteiger partial charge in [0, 0.05) is 18.5 Å². The van der Waals surface area contributed by atoms with Gasteiger partial charge in [-0.05, 0) is 47.9 Å². The van der Waals surface area contributed by atoms with Crippen LogP contribution in [0.4, 0.5) is 10.5 Å². The van der Waals surface area contributed by atoms with Crippen molar-refractivity contribution in [1.82, 2.24) is 5.32 Å². The van der Waals surface area contributed by atoms with Crippen LogP contribution >= 0.6 is 0 Å². The minimum Gasteiger partial charge on any atom is -0.465 e. The van der Waals surface area contributed by atoms with Crippen molar-refractivity contribution < 1.29 is 18.3 Å². The molecule has 21 heavy (non-hydrogen) atoms. The zero-order valence-corrected chi connectivity index (χ0v) is 12.7. The molecular formula is C14H20N2O4S. The lowest BCUT2D eigenvalue weighted by Gasteiger charge is -2.10. The lowest BCUT2D eigenvalue weighted by molar-refractivity contribution is 0.194. The summed E-state index contributed by atoms with van der Waals surface area (Å²) >= 11 is 0. The molecule has 0 saturated heterocycles. The minimum atomic E-state index is -3.11. The van der Waals surface area contributed by atoms with Crippen LogP contribution in [-0.4, -0.2) is 32.4 Å². The molecule has 116 valence electrons. The molecule has 0 bridgehead atoms. The molecule has 0 aliphatic heterocycles. The van der Waals surface area contributed by atoms with Crippen molar-refractivity contribution in [3.63, 3.8) is 0 Å². The normalized spacial score (nSPS) is 21.0. The number of carboxylic acid groups (broad SMARTS) is 1. The zero-order chi connectivity index (χ0) is 15.6. The Morgan fingerprint density at radius 3 is 2.81 bits per heavy atom. The summed E-state index contributed by atoms with van der Waals surface area (Å²) in [6, 6.07) is 5.40. The monoisotopic (exact) mass is 312 g/mol. The SMILES string of the molecule is CS(=O)(=O)Cc1cc(N)ccc1C1CC1CCNC(=O)O. The van der Waals surface area contributed by atoms with E-state index in [4.69, 9.17) is 10.8 Å². The van der Waals surface area contributed by atoms with Gasteiger partial charge in [0.1, 0.15) is 0 Å². The molecule has 1 amide bonds. The summed E-state index contributed by atoms with van der Waals surface area (Å²) in [6.07, 6.45) is 1.92. The number of hydrogen-bond donors (Lipinski definition) is 3. The molecular weight excluding hydrogens is 292 g/mol. The van der Waals surface area contributed by atoms with Gasteiger partial charge in [0.2, 0.25) is 0 Å². The molecule has 0 spiro atoms. The van der Waals surface area contributed by atoms with Crippen molar-refractivity contribution in [2.75, 3.05) is 18.5 Å². The zero-order valence-electron chi connectivity index (χ0n) is 11.9. The van der Waals surface area contributed by atoms with E-state index in [9.17, 15) is 13.2 Å². The summed E-state index contributed by atoms with van der Waals surface area (Å²) in [5, 5.41) is 10.9. The van der Waals surface area contributed by atoms with Gasteiger partial charge < -0.3 is 16.2 Å². The Balaban J connectivity index is 2.06. The molecule has 1 saturated carbocycles. The second kappa shape index (κ2) is 5.93. The van der Waals surface area contributed by atoms with Gasteiger partial charge in [0.05, 0.1) is 5.75 Å². The van der Waals surface area contributed by atoms with E-state index in [0.717, 1.165) is 24.0 Å². The third-order valence-electron chi connectivity index (χ3n) is 3.70. The van der Waals surface area contributed by atoms with Gasteiger partial charge in [-0.2, -0.15) is 0 Å². The van der Waals surface area contributed by atoms with Crippen molar-refractivity contribution in [3.05, 3.63) is 29.3 Å². The van der Waals surface area contributed by atoms with Crippen LogP contribution in [0.25, 0.3) is 0 Å². The van der Waals surface area contributed by atoms with E-state index >= 15 is 0 Å². The van der Waals surface area contributed by atoms with Gasteiger partial charge in [0.15, 0.2) is 9.84 Å². The van der Waals surface area contributed by atoms with Gasteiger partial charge in [-0.3, -0.25) is 0 Å². The molecule has 0 radical (unpaired) electrons. The average Bonchev–Trinajstić information content (AvgIpc) is 3.06. The molecule has 1 aromatic carbocycles. The Bertz CT molecular complexity index is 642. The second-order valence-electron chi connectivity index (χ2n) is 5.65. The van der Waals surface area contributed by atoms with Crippen LogP contribution in [0.1, 0.15) is 29.9 Å². The van der Waals surface area contributed by atoms with Crippen LogP contribution in [0, 0.1) is 5.92 Å². The molecule has 1 aromatic rings. The minimum absolute atomic E-state index is 0.00995. The number of carbonyl (C=O) groups is 1. The largest absolute Gasteiger partial charge is 0.465 e. The number of nitrogen functional groups attached to an aromatic ring is 1. The number of nitrogens with one attached hydrogen (secondary N) is 1. The lowest BCUT2D eigenvalue weighted by Crippen LogP contribution is -2.22. The highest BCUT2D eigenvalue weighted by Gasteiger charge is 2.39. The fourth-order valence-corrected chi connectivity index (χ4v) is 3.52. The van der Waals surface area contributed by atoms with E-state index in [-0.39, 0.29) is 5.75 Å². The lowest BCUT2D eigenvalue weighted by atomic mass is 10.0. The van der Waals surface area contributed by atoms with Crippen LogP contribution in [0.15, 0.2) is 18.2 Å². The number of sulfone groups is 1. The number of anilines is 1. The van der Waals surface area contributed by atoms with Crippen molar-refractivity contribution in [1.29, 1.82) is 0 Å². The molecule has 4 N–H and O–H groups in total.